The molecule has 0 saturated carbocycles. The van der Waals surface area contributed by atoms with E-state index in [1.165, 1.54) is 63.6 Å². The molecule has 0 saturated heterocycles. The Hall–Kier alpha value is -0.570. The SMILES string of the molecule is CCCCCCCCCCCC1=NC(C)(C)CN1CCO. The highest BCUT2D eigenvalue weighted by Gasteiger charge is 2.29. The average molecular weight is 296 g/mol. The van der Waals surface area contributed by atoms with Gasteiger partial charge in [-0.3, -0.25) is 4.99 Å². The van der Waals surface area contributed by atoms with Gasteiger partial charge in [-0.05, 0) is 20.3 Å². The molecule has 0 unspecified atom stereocenters. The summed E-state index contributed by atoms with van der Waals surface area (Å²) in [7, 11) is 0. The highest BCUT2D eigenvalue weighted by molar-refractivity contribution is 5.84. The van der Waals surface area contributed by atoms with Crippen molar-refractivity contribution in [3.63, 3.8) is 0 Å². The van der Waals surface area contributed by atoms with E-state index in [2.05, 4.69) is 25.7 Å². The molecule has 1 aliphatic rings. The summed E-state index contributed by atoms with van der Waals surface area (Å²) in [6, 6.07) is 0. The first-order chi connectivity index (χ1) is 10.1. The summed E-state index contributed by atoms with van der Waals surface area (Å²) in [5.74, 6) is 1.22. The van der Waals surface area contributed by atoms with E-state index < -0.39 is 0 Å². The third-order valence-corrected chi connectivity index (χ3v) is 4.25. The van der Waals surface area contributed by atoms with Gasteiger partial charge in [0.2, 0.25) is 0 Å². The second-order valence-corrected chi connectivity index (χ2v) is 7.06. The van der Waals surface area contributed by atoms with E-state index in [1.54, 1.807) is 0 Å². The van der Waals surface area contributed by atoms with Crippen LogP contribution < -0.4 is 0 Å². The van der Waals surface area contributed by atoms with Gasteiger partial charge in [-0.15, -0.1) is 0 Å². The van der Waals surface area contributed by atoms with Crippen molar-refractivity contribution >= 4 is 5.84 Å². The Morgan fingerprint density at radius 1 is 1.00 bits per heavy atom. The molecule has 0 aromatic heterocycles. The zero-order valence-electron chi connectivity index (χ0n) is 14.5. The van der Waals surface area contributed by atoms with Gasteiger partial charge in [-0.2, -0.15) is 0 Å². The predicted molar refractivity (Wildman–Crippen MR) is 92.0 cm³/mol. The molecule has 0 aliphatic carbocycles. The fourth-order valence-corrected chi connectivity index (χ4v) is 3.15. The van der Waals surface area contributed by atoms with Gasteiger partial charge in [0, 0.05) is 19.5 Å². The highest BCUT2D eigenvalue weighted by Crippen LogP contribution is 2.22. The zero-order valence-corrected chi connectivity index (χ0v) is 14.5. The number of unbranched alkanes of at least 4 members (excludes halogenated alkanes) is 8. The van der Waals surface area contributed by atoms with Crippen LogP contribution in [0.15, 0.2) is 4.99 Å². The lowest BCUT2D eigenvalue weighted by atomic mass is 10.1. The number of rotatable bonds is 12. The molecule has 0 spiro atoms. The zero-order chi connectivity index (χ0) is 15.6. The molecule has 1 heterocycles. The van der Waals surface area contributed by atoms with Gasteiger partial charge in [0.05, 0.1) is 18.0 Å². The van der Waals surface area contributed by atoms with Crippen molar-refractivity contribution < 1.29 is 5.11 Å². The van der Waals surface area contributed by atoms with Crippen molar-refractivity contribution in [2.45, 2.75) is 90.5 Å². The summed E-state index contributed by atoms with van der Waals surface area (Å²) < 4.78 is 0. The van der Waals surface area contributed by atoms with Crippen LogP contribution in [0.4, 0.5) is 0 Å². The lowest BCUT2D eigenvalue weighted by molar-refractivity contribution is 0.244. The first kappa shape index (κ1) is 18.5. The van der Waals surface area contributed by atoms with Crippen LogP contribution in [0.25, 0.3) is 0 Å². The van der Waals surface area contributed by atoms with E-state index in [4.69, 9.17) is 10.1 Å². The quantitative estimate of drug-likeness (QED) is 0.542. The summed E-state index contributed by atoms with van der Waals surface area (Å²) in [5, 5.41) is 9.15. The van der Waals surface area contributed by atoms with Crippen LogP contribution >= 0.6 is 0 Å². The van der Waals surface area contributed by atoms with Gasteiger partial charge < -0.3 is 10.0 Å². The number of aliphatic hydroxyl groups is 1. The minimum absolute atomic E-state index is 0.0315. The van der Waals surface area contributed by atoms with Gasteiger partial charge in [-0.25, -0.2) is 0 Å². The molecule has 0 radical (unpaired) electrons. The molecular weight excluding hydrogens is 260 g/mol. The summed E-state index contributed by atoms with van der Waals surface area (Å²) in [5.41, 5.74) is 0.0315. The van der Waals surface area contributed by atoms with Crippen LogP contribution in [0.5, 0.6) is 0 Å². The molecule has 0 bridgehead atoms. The van der Waals surface area contributed by atoms with E-state index >= 15 is 0 Å². The number of nitrogens with zero attached hydrogens (tertiary/aromatic N) is 2. The van der Waals surface area contributed by atoms with E-state index in [0.29, 0.717) is 0 Å². The number of amidine groups is 1. The van der Waals surface area contributed by atoms with E-state index in [0.717, 1.165) is 19.5 Å². The van der Waals surface area contributed by atoms with Crippen LogP contribution in [-0.4, -0.2) is 41.1 Å². The molecule has 124 valence electrons. The standard InChI is InChI=1S/C18H36N2O/c1-4-5-6-7-8-9-10-11-12-13-17-19-18(2,3)16-20(17)14-15-21/h21H,4-16H2,1-3H3. The molecule has 0 aromatic rings. The fourth-order valence-electron chi connectivity index (χ4n) is 3.15. The molecule has 0 aromatic carbocycles. The summed E-state index contributed by atoms with van der Waals surface area (Å²) in [6.45, 7) is 8.56. The summed E-state index contributed by atoms with van der Waals surface area (Å²) in [4.78, 5) is 7.09. The largest absolute Gasteiger partial charge is 0.395 e. The first-order valence-corrected chi connectivity index (χ1v) is 9.03. The van der Waals surface area contributed by atoms with Crippen molar-refractivity contribution in [3.8, 4) is 0 Å². The topological polar surface area (TPSA) is 35.8 Å². The Labute approximate surface area is 131 Å². The average Bonchev–Trinajstić information content (AvgIpc) is 2.72. The first-order valence-electron chi connectivity index (χ1n) is 9.03. The fraction of sp³-hybridized carbons (Fsp3) is 0.944. The molecule has 1 aliphatic heterocycles. The van der Waals surface area contributed by atoms with Crippen molar-refractivity contribution in [2.24, 2.45) is 4.99 Å². The minimum atomic E-state index is 0.0315. The van der Waals surface area contributed by atoms with Crippen molar-refractivity contribution in [3.05, 3.63) is 0 Å². The third-order valence-electron chi connectivity index (χ3n) is 4.25. The molecule has 0 amide bonds. The Bertz CT molecular complexity index is 300. The summed E-state index contributed by atoms with van der Waals surface area (Å²) in [6.07, 6.45) is 13.4. The number of hydrogen-bond acceptors (Lipinski definition) is 3. The van der Waals surface area contributed by atoms with Crippen LogP contribution in [0.2, 0.25) is 0 Å². The van der Waals surface area contributed by atoms with Crippen LogP contribution in [0.1, 0.15) is 85.0 Å². The number of aliphatic hydroxyl groups excluding tert-OH is 1. The van der Waals surface area contributed by atoms with Crippen LogP contribution in [-0.2, 0) is 0 Å². The Morgan fingerprint density at radius 2 is 1.57 bits per heavy atom. The number of aliphatic imine (C=N–C) groups is 1. The van der Waals surface area contributed by atoms with E-state index in [1.807, 2.05) is 0 Å². The van der Waals surface area contributed by atoms with Gasteiger partial charge >= 0.3 is 0 Å². The normalized spacial score (nSPS) is 17.3. The van der Waals surface area contributed by atoms with Crippen molar-refractivity contribution in [2.75, 3.05) is 19.7 Å². The summed E-state index contributed by atoms with van der Waals surface area (Å²) >= 11 is 0. The Balaban J connectivity index is 2.08. The van der Waals surface area contributed by atoms with Crippen molar-refractivity contribution in [1.82, 2.24) is 4.90 Å². The lowest BCUT2D eigenvalue weighted by Gasteiger charge is -2.21. The van der Waals surface area contributed by atoms with Gasteiger partial charge in [0.25, 0.3) is 0 Å². The van der Waals surface area contributed by atoms with E-state index in [9.17, 15) is 0 Å². The Kier molecular flexibility index (Phi) is 8.98. The minimum Gasteiger partial charge on any atom is -0.395 e. The van der Waals surface area contributed by atoms with Gasteiger partial charge in [-0.1, -0.05) is 58.3 Å². The smallest absolute Gasteiger partial charge is 0.0998 e. The molecule has 21 heavy (non-hydrogen) atoms. The third kappa shape index (κ3) is 7.85. The predicted octanol–water partition coefficient (Wildman–Crippen LogP) is 4.39. The van der Waals surface area contributed by atoms with E-state index in [-0.39, 0.29) is 12.1 Å². The Morgan fingerprint density at radius 3 is 2.14 bits per heavy atom. The van der Waals surface area contributed by atoms with Gasteiger partial charge in [0.1, 0.15) is 0 Å². The van der Waals surface area contributed by atoms with Crippen LogP contribution in [0.3, 0.4) is 0 Å². The molecule has 0 fully saturated rings. The monoisotopic (exact) mass is 296 g/mol. The second-order valence-electron chi connectivity index (χ2n) is 7.06. The van der Waals surface area contributed by atoms with Crippen molar-refractivity contribution in [1.29, 1.82) is 0 Å². The molecule has 0 atom stereocenters. The maximum Gasteiger partial charge on any atom is 0.0998 e. The maximum absolute atomic E-state index is 9.15. The van der Waals surface area contributed by atoms with Gasteiger partial charge in [0.15, 0.2) is 0 Å². The second kappa shape index (κ2) is 10.2. The lowest BCUT2D eigenvalue weighted by Crippen LogP contribution is -2.34. The number of β-amino-alcohol motifs (C(OH)–C–C–N with tert-alkyl or cyclic N) is 1. The molecule has 1 N–H and O–H groups in total. The molecule has 3 nitrogen and oxygen atoms in total. The molecular formula is C18H36N2O. The van der Waals surface area contributed by atoms with Crippen LogP contribution in [0, 0.1) is 0 Å². The maximum atomic E-state index is 9.15. The molecule has 1 rings (SSSR count). The number of hydrogen-bond donors (Lipinski definition) is 1. The highest BCUT2D eigenvalue weighted by atomic mass is 16.3. The molecule has 3 heteroatoms.